The van der Waals surface area contributed by atoms with E-state index in [2.05, 4.69) is 47.2 Å². The zero-order chi connectivity index (χ0) is 13.7. The number of benzene rings is 1. The van der Waals surface area contributed by atoms with Crippen molar-refractivity contribution >= 4 is 15.9 Å². The molecule has 1 aliphatic heterocycles. The van der Waals surface area contributed by atoms with E-state index >= 15 is 0 Å². The molecule has 1 aliphatic rings. The van der Waals surface area contributed by atoms with E-state index in [-0.39, 0.29) is 0 Å². The van der Waals surface area contributed by atoms with E-state index in [4.69, 9.17) is 9.47 Å². The van der Waals surface area contributed by atoms with Crippen molar-refractivity contribution in [3.63, 3.8) is 0 Å². The van der Waals surface area contributed by atoms with Gasteiger partial charge in [0.05, 0.1) is 4.47 Å². The minimum atomic E-state index is 0.594. The molecule has 0 aliphatic carbocycles. The maximum atomic E-state index is 5.64. The summed E-state index contributed by atoms with van der Waals surface area (Å²) >= 11 is 3.55. The zero-order valence-electron chi connectivity index (χ0n) is 11.7. The molecular weight excluding hydrogens is 306 g/mol. The third kappa shape index (κ3) is 3.86. The first kappa shape index (κ1) is 14.7. The molecule has 0 saturated heterocycles. The van der Waals surface area contributed by atoms with E-state index < -0.39 is 0 Å². The number of hydrogen-bond donors (Lipinski definition) is 1. The minimum absolute atomic E-state index is 0.594. The van der Waals surface area contributed by atoms with Gasteiger partial charge in [0.15, 0.2) is 11.5 Å². The molecule has 2 rings (SSSR count). The third-order valence-corrected chi connectivity index (χ3v) is 3.97. The number of fused-ring (bicyclic) bond motifs is 1. The fourth-order valence-electron chi connectivity index (χ4n) is 2.33. The van der Waals surface area contributed by atoms with Crippen LogP contribution in [0.2, 0.25) is 0 Å². The van der Waals surface area contributed by atoms with Gasteiger partial charge in [0.25, 0.3) is 0 Å². The normalized spacial score (nSPS) is 15.3. The Bertz CT molecular complexity index is 423. The summed E-state index contributed by atoms with van der Waals surface area (Å²) in [7, 11) is 0. The Morgan fingerprint density at radius 3 is 2.79 bits per heavy atom. The first-order chi connectivity index (χ1) is 9.24. The van der Waals surface area contributed by atoms with Gasteiger partial charge in [-0.05, 0) is 46.5 Å². The van der Waals surface area contributed by atoms with E-state index in [9.17, 15) is 0 Å². The molecule has 3 nitrogen and oxygen atoms in total. The van der Waals surface area contributed by atoms with Gasteiger partial charge < -0.3 is 14.8 Å². The van der Waals surface area contributed by atoms with E-state index in [0.717, 1.165) is 22.5 Å². The number of halogens is 1. The SMILES string of the molecule is CCCC(CC)NCc1cc(Br)c2c(c1)OCCO2. The maximum absolute atomic E-state index is 5.64. The van der Waals surface area contributed by atoms with Crippen LogP contribution in [-0.2, 0) is 6.54 Å². The van der Waals surface area contributed by atoms with E-state index in [0.29, 0.717) is 19.3 Å². The molecule has 19 heavy (non-hydrogen) atoms. The topological polar surface area (TPSA) is 30.5 Å². The van der Waals surface area contributed by atoms with Crippen LogP contribution in [0.1, 0.15) is 38.7 Å². The Balaban J connectivity index is 2.02. The molecule has 0 spiro atoms. The molecule has 1 atom stereocenters. The van der Waals surface area contributed by atoms with Gasteiger partial charge in [-0.2, -0.15) is 0 Å². The summed E-state index contributed by atoms with van der Waals surface area (Å²) in [6.45, 7) is 6.58. The van der Waals surface area contributed by atoms with Crippen molar-refractivity contribution in [2.24, 2.45) is 0 Å². The van der Waals surface area contributed by atoms with Crippen LogP contribution in [0.25, 0.3) is 0 Å². The molecule has 106 valence electrons. The number of ether oxygens (including phenoxy) is 2. The molecule has 1 aromatic rings. The van der Waals surface area contributed by atoms with Crippen LogP contribution in [0.3, 0.4) is 0 Å². The summed E-state index contributed by atoms with van der Waals surface area (Å²) in [5.74, 6) is 1.68. The number of nitrogens with one attached hydrogen (secondary N) is 1. The van der Waals surface area contributed by atoms with Gasteiger partial charge in [0.2, 0.25) is 0 Å². The average molecular weight is 328 g/mol. The van der Waals surface area contributed by atoms with Gasteiger partial charge in [0, 0.05) is 12.6 Å². The summed E-state index contributed by atoms with van der Waals surface area (Å²) in [5, 5.41) is 3.60. The lowest BCUT2D eigenvalue weighted by Crippen LogP contribution is -2.27. The smallest absolute Gasteiger partial charge is 0.175 e. The molecule has 1 unspecified atom stereocenters. The van der Waals surface area contributed by atoms with Crippen molar-refractivity contribution in [2.45, 2.75) is 45.7 Å². The summed E-state index contributed by atoms with van der Waals surface area (Å²) < 4.78 is 12.2. The van der Waals surface area contributed by atoms with Gasteiger partial charge in [-0.25, -0.2) is 0 Å². The highest BCUT2D eigenvalue weighted by atomic mass is 79.9. The van der Waals surface area contributed by atoms with Crippen LogP contribution in [0.4, 0.5) is 0 Å². The summed E-state index contributed by atoms with van der Waals surface area (Å²) in [6.07, 6.45) is 3.61. The molecule has 0 saturated carbocycles. The van der Waals surface area contributed by atoms with Crippen molar-refractivity contribution in [1.29, 1.82) is 0 Å². The van der Waals surface area contributed by atoms with Crippen LogP contribution >= 0.6 is 15.9 Å². The Labute approximate surface area is 123 Å². The van der Waals surface area contributed by atoms with E-state index in [1.807, 2.05) is 0 Å². The molecule has 1 aromatic carbocycles. The van der Waals surface area contributed by atoms with Crippen molar-refractivity contribution in [3.05, 3.63) is 22.2 Å². The van der Waals surface area contributed by atoms with Crippen LogP contribution in [0, 0.1) is 0 Å². The lowest BCUT2D eigenvalue weighted by Gasteiger charge is -2.21. The molecule has 0 amide bonds. The summed E-state index contributed by atoms with van der Waals surface area (Å²) in [4.78, 5) is 0. The van der Waals surface area contributed by atoms with Crippen LogP contribution < -0.4 is 14.8 Å². The predicted octanol–water partition coefficient (Wildman–Crippen LogP) is 3.89. The second kappa shape index (κ2) is 7.15. The highest BCUT2D eigenvalue weighted by molar-refractivity contribution is 9.10. The van der Waals surface area contributed by atoms with Gasteiger partial charge >= 0.3 is 0 Å². The second-order valence-electron chi connectivity index (χ2n) is 4.88. The van der Waals surface area contributed by atoms with Crippen molar-refractivity contribution in [2.75, 3.05) is 13.2 Å². The quantitative estimate of drug-likeness (QED) is 0.859. The fourth-order valence-corrected chi connectivity index (χ4v) is 2.93. The number of rotatable bonds is 6. The van der Waals surface area contributed by atoms with Gasteiger partial charge in [-0.3, -0.25) is 0 Å². The van der Waals surface area contributed by atoms with Crippen LogP contribution in [0.5, 0.6) is 11.5 Å². The van der Waals surface area contributed by atoms with E-state index in [1.165, 1.54) is 24.8 Å². The molecule has 4 heteroatoms. The Morgan fingerprint density at radius 1 is 1.26 bits per heavy atom. The Morgan fingerprint density at radius 2 is 2.05 bits per heavy atom. The maximum Gasteiger partial charge on any atom is 0.175 e. The number of hydrogen-bond acceptors (Lipinski definition) is 3. The monoisotopic (exact) mass is 327 g/mol. The van der Waals surface area contributed by atoms with Gasteiger partial charge in [-0.1, -0.05) is 20.3 Å². The largest absolute Gasteiger partial charge is 0.486 e. The molecule has 1 heterocycles. The van der Waals surface area contributed by atoms with Crippen molar-refractivity contribution in [3.8, 4) is 11.5 Å². The van der Waals surface area contributed by atoms with Gasteiger partial charge in [-0.15, -0.1) is 0 Å². The van der Waals surface area contributed by atoms with Crippen LogP contribution in [0.15, 0.2) is 16.6 Å². The minimum Gasteiger partial charge on any atom is -0.486 e. The van der Waals surface area contributed by atoms with E-state index in [1.54, 1.807) is 0 Å². The van der Waals surface area contributed by atoms with Crippen molar-refractivity contribution in [1.82, 2.24) is 5.32 Å². The lowest BCUT2D eigenvalue weighted by atomic mass is 10.1. The summed E-state index contributed by atoms with van der Waals surface area (Å²) in [5.41, 5.74) is 1.23. The Hall–Kier alpha value is -0.740. The second-order valence-corrected chi connectivity index (χ2v) is 5.73. The Kier molecular flexibility index (Phi) is 5.52. The standard InChI is InChI=1S/C15H22BrNO2/c1-3-5-12(4-2)17-10-11-8-13(16)15-14(9-11)18-6-7-19-15/h8-9,12,17H,3-7,10H2,1-2H3. The molecule has 1 N–H and O–H groups in total. The highest BCUT2D eigenvalue weighted by Gasteiger charge is 2.16. The third-order valence-electron chi connectivity index (χ3n) is 3.38. The van der Waals surface area contributed by atoms with Gasteiger partial charge in [0.1, 0.15) is 13.2 Å². The van der Waals surface area contributed by atoms with Crippen molar-refractivity contribution < 1.29 is 9.47 Å². The zero-order valence-corrected chi connectivity index (χ0v) is 13.3. The average Bonchev–Trinajstić information content (AvgIpc) is 2.43. The first-order valence-corrected chi connectivity index (χ1v) is 7.85. The molecule has 0 bridgehead atoms. The van der Waals surface area contributed by atoms with Crippen LogP contribution in [-0.4, -0.2) is 19.3 Å². The molecule has 0 aromatic heterocycles. The molecular formula is C15H22BrNO2. The lowest BCUT2D eigenvalue weighted by molar-refractivity contribution is 0.170. The fraction of sp³-hybridized carbons (Fsp3) is 0.600. The predicted molar refractivity (Wildman–Crippen MR) is 81.0 cm³/mol. The first-order valence-electron chi connectivity index (χ1n) is 7.06. The summed E-state index contributed by atoms with van der Waals surface area (Å²) in [6, 6.07) is 4.78. The highest BCUT2D eigenvalue weighted by Crippen LogP contribution is 2.38. The molecule has 0 radical (unpaired) electrons. The molecule has 0 fully saturated rings.